The number of carbonyl (C=O) groups excluding carboxylic acids is 3. The first-order valence-electron chi connectivity index (χ1n) is 13.4. The molecule has 1 aromatic carbocycles. The highest BCUT2D eigenvalue weighted by molar-refractivity contribution is 6.12. The molecule has 4 rings (SSSR count). The number of aryl methyl sites for hydroxylation is 1. The van der Waals surface area contributed by atoms with E-state index in [4.69, 9.17) is 9.52 Å². The average Bonchev–Trinajstić information content (AvgIpc) is 3.54. The van der Waals surface area contributed by atoms with Crippen LogP contribution in [0.15, 0.2) is 33.7 Å². The number of amidine groups is 1. The number of carbonyl (C=O) groups is 4. The first kappa shape index (κ1) is 28.6. The van der Waals surface area contributed by atoms with Crippen LogP contribution < -0.4 is 5.32 Å². The Morgan fingerprint density at radius 1 is 1.20 bits per heavy atom. The molecule has 0 saturated carbocycles. The van der Waals surface area contributed by atoms with Gasteiger partial charge in [0.25, 0.3) is 0 Å². The minimum Gasteiger partial charge on any atom is -0.480 e. The number of amides is 3. The number of likely N-dealkylation sites (N-methyl/N-ethyl adjacent to an activating group) is 1. The van der Waals surface area contributed by atoms with Crippen molar-refractivity contribution in [1.82, 2.24) is 14.7 Å². The van der Waals surface area contributed by atoms with E-state index in [2.05, 4.69) is 10.3 Å². The van der Waals surface area contributed by atoms with Gasteiger partial charge in [-0.2, -0.15) is 5.26 Å². The van der Waals surface area contributed by atoms with Gasteiger partial charge in [-0.25, -0.2) is 0 Å². The average molecular weight is 551 g/mol. The minimum atomic E-state index is -1.48. The second-order valence-corrected chi connectivity index (χ2v) is 10.3. The van der Waals surface area contributed by atoms with Crippen LogP contribution in [0.4, 0.5) is 5.69 Å². The number of likely N-dealkylation sites (tertiary alicyclic amines) is 2. The molecule has 2 aromatic rings. The molecule has 2 atom stereocenters. The third-order valence-electron chi connectivity index (χ3n) is 7.14. The molecule has 3 amide bonds. The number of fused-ring (bicyclic) bond motifs is 1. The number of hydrogen-bond acceptors (Lipinski definition) is 7. The Labute approximate surface area is 232 Å². The van der Waals surface area contributed by atoms with E-state index in [1.54, 1.807) is 23.1 Å². The molecule has 0 aliphatic carbocycles. The smallest absolute Gasteiger partial charge is 0.323 e. The third-order valence-corrected chi connectivity index (χ3v) is 7.14. The summed E-state index contributed by atoms with van der Waals surface area (Å²) in [4.78, 5) is 59.6. The lowest BCUT2D eigenvalue weighted by molar-refractivity contribution is -0.143. The van der Waals surface area contributed by atoms with E-state index in [1.807, 2.05) is 19.1 Å². The van der Waals surface area contributed by atoms with Gasteiger partial charge in [-0.3, -0.25) is 24.2 Å². The fraction of sp³-hybridized carbons (Fsp3) is 0.500. The third kappa shape index (κ3) is 6.77. The molecule has 2 N–H and O–H groups in total. The molecular weight excluding hydrogens is 516 g/mol. The fourth-order valence-electron chi connectivity index (χ4n) is 5.07. The standard InChI is InChI=1S/C28H34N6O6/c1-18-13-19-14-20(8-9-23(19)40-18)30-26(21(15-29)27(38)32(2)17-25(36)37)31-22-7-3-4-12-34(28(22)39)16-24(35)33-10-5-6-11-33/h8-9,13-14,21-22H,3-7,10-12,16-17H2,1-2H3,(H,30,31)(H,36,37)/t21?,22-/m0/s1. The summed E-state index contributed by atoms with van der Waals surface area (Å²) in [6.07, 6.45) is 3.66. The van der Waals surface area contributed by atoms with Crippen molar-refractivity contribution in [3.8, 4) is 6.07 Å². The van der Waals surface area contributed by atoms with Crippen LogP contribution in [-0.4, -0.2) is 95.1 Å². The second-order valence-electron chi connectivity index (χ2n) is 10.3. The highest BCUT2D eigenvalue weighted by atomic mass is 16.4. The maximum Gasteiger partial charge on any atom is 0.323 e. The molecular formula is C28H34N6O6. The van der Waals surface area contributed by atoms with Crippen molar-refractivity contribution in [2.45, 2.75) is 45.1 Å². The van der Waals surface area contributed by atoms with Crippen LogP contribution in [0.3, 0.4) is 0 Å². The van der Waals surface area contributed by atoms with Crippen molar-refractivity contribution in [2.24, 2.45) is 10.9 Å². The molecule has 0 bridgehead atoms. The molecule has 40 heavy (non-hydrogen) atoms. The summed E-state index contributed by atoms with van der Waals surface area (Å²) in [5.74, 6) is -3.26. The number of nitriles is 1. The molecule has 1 unspecified atom stereocenters. The minimum absolute atomic E-state index is 0.0356. The molecule has 0 spiro atoms. The number of benzene rings is 1. The molecule has 12 nitrogen and oxygen atoms in total. The van der Waals surface area contributed by atoms with Crippen LogP contribution in [0.25, 0.3) is 11.0 Å². The molecule has 0 radical (unpaired) electrons. The van der Waals surface area contributed by atoms with Crippen LogP contribution in [0.5, 0.6) is 0 Å². The summed E-state index contributed by atoms with van der Waals surface area (Å²) in [6, 6.07) is 8.09. The first-order chi connectivity index (χ1) is 19.2. The number of hydrogen-bond donors (Lipinski definition) is 2. The number of carboxylic acids is 1. The number of aliphatic carboxylic acids is 1. The zero-order valence-corrected chi connectivity index (χ0v) is 22.8. The number of rotatable bonds is 8. The SMILES string of the molecule is Cc1cc2cc(NC(=N[C@H]3CCCCN(CC(=O)N4CCCC4)C3=O)C(C#N)C(=O)N(C)CC(=O)O)ccc2o1. The van der Waals surface area contributed by atoms with Gasteiger partial charge in [0.15, 0.2) is 5.92 Å². The van der Waals surface area contributed by atoms with Crippen molar-refractivity contribution in [1.29, 1.82) is 5.26 Å². The predicted octanol–water partition coefficient (Wildman–Crippen LogP) is 2.24. The Balaban J connectivity index is 1.65. The van der Waals surface area contributed by atoms with Gasteiger partial charge in [0, 0.05) is 37.8 Å². The van der Waals surface area contributed by atoms with E-state index in [0.717, 1.165) is 23.1 Å². The number of carboxylic acid groups (broad SMARTS) is 1. The highest BCUT2D eigenvalue weighted by Gasteiger charge is 2.34. The topological polar surface area (TPSA) is 160 Å². The zero-order valence-electron chi connectivity index (χ0n) is 22.8. The molecule has 2 aliphatic rings. The number of furan rings is 1. The summed E-state index contributed by atoms with van der Waals surface area (Å²) in [5, 5.41) is 23.0. The Bertz CT molecular complexity index is 1350. The van der Waals surface area contributed by atoms with Gasteiger partial charge in [0.2, 0.25) is 17.7 Å². The summed E-state index contributed by atoms with van der Waals surface area (Å²) in [6.45, 7) is 2.98. The number of nitrogens with one attached hydrogen (secondary N) is 1. The van der Waals surface area contributed by atoms with Gasteiger partial charge in [-0.05, 0) is 63.3 Å². The largest absolute Gasteiger partial charge is 0.480 e. The first-order valence-corrected chi connectivity index (χ1v) is 13.4. The van der Waals surface area contributed by atoms with Crippen molar-refractivity contribution >= 4 is 46.2 Å². The van der Waals surface area contributed by atoms with Crippen LogP contribution in [0, 0.1) is 24.2 Å². The summed E-state index contributed by atoms with van der Waals surface area (Å²) < 4.78 is 5.62. The molecule has 12 heteroatoms. The Hall–Kier alpha value is -4.40. The van der Waals surface area contributed by atoms with E-state index in [1.165, 1.54) is 11.9 Å². The van der Waals surface area contributed by atoms with E-state index in [0.29, 0.717) is 55.9 Å². The number of anilines is 1. The van der Waals surface area contributed by atoms with Gasteiger partial charge in [0.05, 0.1) is 12.6 Å². The molecule has 2 saturated heterocycles. The van der Waals surface area contributed by atoms with Crippen LogP contribution in [-0.2, 0) is 19.2 Å². The molecule has 212 valence electrons. The maximum absolute atomic E-state index is 13.6. The Morgan fingerprint density at radius 3 is 2.62 bits per heavy atom. The Kier molecular flexibility index (Phi) is 9.04. The predicted molar refractivity (Wildman–Crippen MR) is 146 cm³/mol. The zero-order chi connectivity index (χ0) is 28.8. The van der Waals surface area contributed by atoms with E-state index >= 15 is 0 Å². The lowest BCUT2D eigenvalue weighted by Crippen LogP contribution is -2.45. The molecule has 3 heterocycles. The van der Waals surface area contributed by atoms with Crippen molar-refractivity contribution in [2.75, 3.05) is 45.1 Å². The van der Waals surface area contributed by atoms with Gasteiger partial charge in [-0.15, -0.1) is 0 Å². The fourth-order valence-corrected chi connectivity index (χ4v) is 5.07. The lowest BCUT2D eigenvalue weighted by Gasteiger charge is -2.26. The van der Waals surface area contributed by atoms with E-state index < -0.39 is 30.4 Å². The Morgan fingerprint density at radius 2 is 1.93 bits per heavy atom. The molecule has 2 fully saturated rings. The van der Waals surface area contributed by atoms with Crippen LogP contribution in [0.2, 0.25) is 0 Å². The van der Waals surface area contributed by atoms with E-state index in [-0.39, 0.29) is 24.2 Å². The molecule has 2 aliphatic heterocycles. The second kappa shape index (κ2) is 12.6. The summed E-state index contributed by atoms with van der Waals surface area (Å²) >= 11 is 0. The molecule has 1 aromatic heterocycles. The normalized spacial score (nSPS) is 18.8. The van der Waals surface area contributed by atoms with E-state index in [9.17, 15) is 24.4 Å². The summed E-state index contributed by atoms with van der Waals surface area (Å²) in [7, 11) is 1.29. The van der Waals surface area contributed by atoms with Crippen LogP contribution >= 0.6 is 0 Å². The monoisotopic (exact) mass is 550 g/mol. The van der Waals surface area contributed by atoms with Gasteiger partial charge >= 0.3 is 5.97 Å². The maximum atomic E-state index is 13.6. The quantitative estimate of drug-likeness (QED) is 0.374. The van der Waals surface area contributed by atoms with Gasteiger partial charge in [0.1, 0.15) is 29.8 Å². The number of aliphatic imine (C=N–C) groups is 1. The van der Waals surface area contributed by atoms with Crippen molar-refractivity contribution in [3.05, 3.63) is 30.0 Å². The lowest BCUT2D eigenvalue weighted by atomic mass is 10.1. The van der Waals surface area contributed by atoms with Crippen molar-refractivity contribution in [3.63, 3.8) is 0 Å². The van der Waals surface area contributed by atoms with Crippen molar-refractivity contribution < 1.29 is 28.7 Å². The summed E-state index contributed by atoms with van der Waals surface area (Å²) in [5.41, 5.74) is 1.18. The highest BCUT2D eigenvalue weighted by Crippen LogP contribution is 2.24. The number of nitrogens with zero attached hydrogens (tertiary/aromatic N) is 5. The van der Waals surface area contributed by atoms with Gasteiger partial charge < -0.3 is 29.5 Å². The van der Waals surface area contributed by atoms with Crippen LogP contribution in [0.1, 0.15) is 37.9 Å². The van der Waals surface area contributed by atoms with Gasteiger partial charge in [-0.1, -0.05) is 0 Å².